The molecule has 4 rings (SSSR count). The molecule has 1 aromatic heterocycles. The van der Waals surface area contributed by atoms with Crippen molar-refractivity contribution in [3.63, 3.8) is 0 Å². The summed E-state index contributed by atoms with van der Waals surface area (Å²) in [5, 5.41) is 25.4. The molecule has 1 heterocycles. The van der Waals surface area contributed by atoms with Gasteiger partial charge in [-0.05, 0) is 56.0 Å². The predicted molar refractivity (Wildman–Crippen MR) is 112 cm³/mol. The van der Waals surface area contributed by atoms with E-state index in [0.29, 0.717) is 28.6 Å². The lowest BCUT2D eigenvalue weighted by atomic mass is 10.0. The summed E-state index contributed by atoms with van der Waals surface area (Å²) in [6.45, 7) is 3.26. The number of nitrogens with one attached hydrogen (secondary N) is 1. The molecule has 0 saturated heterocycles. The fourth-order valence-corrected chi connectivity index (χ4v) is 3.81. The zero-order valence-corrected chi connectivity index (χ0v) is 17.3. The molecule has 1 aliphatic rings. The molecule has 8 nitrogen and oxygen atoms in total. The molecule has 0 aliphatic heterocycles. The molecule has 1 atom stereocenters. The lowest BCUT2D eigenvalue weighted by Crippen LogP contribution is -2.29. The van der Waals surface area contributed by atoms with Crippen LogP contribution < -0.4 is 10.1 Å². The van der Waals surface area contributed by atoms with E-state index in [9.17, 15) is 10.1 Å². The van der Waals surface area contributed by atoms with Crippen LogP contribution in [0.5, 0.6) is 5.75 Å². The first-order valence-corrected chi connectivity index (χ1v) is 10.1. The van der Waals surface area contributed by atoms with Crippen LogP contribution in [0.1, 0.15) is 43.0 Å². The maximum Gasteiger partial charge on any atom is 0.258 e. The summed E-state index contributed by atoms with van der Waals surface area (Å²) in [5.74, 6) is 0.867. The van der Waals surface area contributed by atoms with Crippen molar-refractivity contribution >= 4 is 5.91 Å². The number of ether oxygens (including phenoxy) is 1. The average Bonchev–Trinajstić information content (AvgIpc) is 3.41. The van der Waals surface area contributed by atoms with E-state index >= 15 is 0 Å². The highest BCUT2D eigenvalue weighted by atomic mass is 16.5. The maximum atomic E-state index is 11.6. The lowest BCUT2D eigenvalue weighted by Gasteiger charge is -2.13. The summed E-state index contributed by atoms with van der Waals surface area (Å²) < 4.78 is 11.1. The minimum atomic E-state index is -0.536. The summed E-state index contributed by atoms with van der Waals surface area (Å²) in [4.78, 5) is 16.1. The Morgan fingerprint density at radius 2 is 2.23 bits per heavy atom. The fourth-order valence-electron chi connectivity index (χ4n) is 3.81. The first-order valence-electron chi connectivity index (χ1n) is 10.1. The van der Waals surface area contributed by atoms with Crippen molar-refractivity contribution in [1.82, 2.24) is 15.5 Å². The average molecular weight is 418 g/mol. The van der Waals surface area contributed by atoms with Crippen molar-refractivity contribution in [3.8, 4) is 34.7 Å². The Hall–Kier alpha value is -3.70. The summed E-state index contributed by atoms with van der Waals surface area (Å²) in [6, 6.07) is 12.9. The summed E-state index contributed by atoms with van der Waals surface area (Å²) in [5.41, 5.74) is 3.92. The number of carbonyl (C=O) groups is 1. The number of hydrogen-bond acceptors (Lipinski definition) is 7. The summed E-state index contributed by atoms with van der Waals surface area (Å²) in [6.07, 6.45) is 1.45. The number of carbonyl (C=O) groups excluding carboxylic acids is 1. The fraction of sp³-hybridized carbons (Fsp3) is 0.304. The van der Waals surface area contributed by atoms with Gasteiger partial charge >= 0.3 is 0 Å². The van der Waals surface area contributed by atoms with Gasteiger partial charge in [-0.1, -0.05) is 23.4 Å². The number of benzene rings is 2. The number of nitrogens with zero attached hydrogens (tertiary/aromatic N) is 3. The third-order valence-electron chi connectivity index (χ3n) is 5.13. The number of aliphatic hydroxyl groups excluding tert-OH is 1. The van der Waals surface area contributed by atoms with E-state index in [4.69, 9.17) is 14.4 Å². The number of aliphatic hydroxyl groups is 1. The molecule has 1 amide bonds. The van der Waals surface area contributed by atoms with Crippen molar-refractivity contribution in [2.75, 3.05) is 6.61 Å². The summed E-state index contributed by atoms with van der Waals surface area (Å²) >= 11 is 0. The standard InChI is InChI=1S/C23H22N4O4/c1-13(2)30-20-9-6-14(10-15(20)11-24)23-26-22(27-31-23)18-5-3-4-17-16(18)7-8-19(17)25-21(29)12-28/h3-6,9-10,13,19,28H,7-8,12H2,1-2H3,(H,25,29)/t19-/m0/s1. The van der Waals surface area contributed by atoms with Crippen LogP contribution in [0.15, 0.2) is 40.9 Å². The molecule has 0 saturated carbocycles. The molecule has 0 bridgehead atoms. The molecule has 2 aromatic carbocycles. The molecule has 158 valence electrons. The number of amides is 1. The first kappa shape index (κ1) is 20.6. The van der Waals surface area contributed by atoms with Gasteiger partial charge in [0.1, 0.15) is 18.4 Å². The van der Waals surface area contributed by atoms with Gasteiger partial charge in [-0.2, -0.15) is 10.2 Å². The van der Waals surface area contributed by atoms with E-state index in [2.05, 4.69) is 21.5 Å². The van der Waals surface area contributed by atoms with Crippen LogP contribution in [0, 0.1) is 11.3 Å². The van der Waals surface area contributed by atoms with E-state index < -0.39 is 12.5 Å². The van der Waals surface area contributed by atoms with Crippen molar-refractivity contribution in [2.24, 2.45) is 0 Å². The molecule has 0 unspecified atom stereocenters. The molecular formula is C23H22N4O4. The Morgan fingerprint density at radius 3 is 2.97 bits per heavy atom. The molecule has 8 heteroatoms. The van der Waals surface area contributed by atoms with Gasteiger partial charge in [0.05, 0.1) is 17.7 Å². The zero-order chi connectivity index (χ0) is 22.0. The Balaban J connectivity index is 1.64. The van der Waals surface area contributed by atoms with Gasteiger partial charge in [-0.25, -0.2) is 0 Å². The summed E-state index contributed by atoms with van der Waals surface area (Å²) in [7, 11) is 0. The largest absolute Gasteiger partial charge is 0.490 e. The van der Waals surface area contributed by atoms with Crippen molar-refractivity contribution in [2.45, 2.75) is 38.8 Å². The molecule has 1 aliphatic carbocycles. The van der Waals surface area contributed by atoms with Gasteiger partial charge in [-0.3, -0.25) is 4.79 Å². The molecule has 0 spiro atoms. The molecule has 0 fully saturated rings. The minimum Gasteiger partial charge on any atom is -0.490 e. The van der Waals surface area contributed by atoms with Crippen LogP contribution >= 0.6 is 0 Å². The second-order valence-corrected chi connectivity index (χ2v) is 7.60. The Bertz CT molecular complexity index is 1160. The smallest absolute Gasteiger partial charge is 0.258 e. The third-order valence-corrected chi connectivity index (χ3v) is 5.13. The topological polar surface area (TPSA) is 121 Å². The lowest BCUT2D eigenvalue weighted by molar-refractivity contribution is -0.124. The highest BCUT2D eigenvalue weighted by Crippen LogP contribution is 2.37. The van der Waals surface area contributed by atoms with E-state index in [-0.39, 0.29) is 12.1 Å². The van der Waals surface area contributed by atoms with Crippen LogP contribution in [0.25, 0.3) is 22.8 Å². The molecule has 31 heavy (non-hydrogen) atoms. The molecule has 3 aromatic rings. The number of rotatable bonds is 6. The molecule has 2 N–H and O–H groups in total. The number of fused-ring (bicyclic) bond motifs is 1. The van der Waals surface area contributed by atoms with E-state index in [0.717, 1.165) is 29.5 Å². The maximum absolute atomic E-state index is 11.6. The monoisotopic (exact) mass is 418 g/mol. The Kier molecular flexibility index (Phi) is 5.69. The Morgan fingerprint density at radius 1 is 1.39 bits per heavy atom. The van der Waals surface area contributed by atoms with Crippen molar-refractivity contribution in [3.05, 3.63) is 53.1 Å². The number of aromatic nitrogens is 2. The van der Waals surface area contributed by atoms with Gasteiger partial charge in [0, 0.05) is 11.1 Å². The van der Waals surface area contributed by atoms with Crippen molar-refractivity contribution < 1.29 is 19.2 Å². The normalized spacial score (nSPS) is 14.9. The second kappa shape index (κ2) is 8.58. The van der Waals surface area contributed by atoms with E-state index in [1.54, 1.807) is 18.2 Å². The van der Waals surface area contributed by atoms with Gasteiger partial charge in [0.2, 0.25) is 11.7 Å². The minimum absolute atomic E-state index is 0.0425. The molecular weight excluding hydrogens is 396 g/mol. The highest BCUT2D eigenvalue weighted by Gasteiger charge is 2.27. The van der Waals surface area contributed by atoms with Crippen molar-refractivity contribution in [1.29, 1.82) is 5.26 Å². The SMILES string of the molecule is CC(C)Oc1ccc(-c2nc(-c3cccc4c3CC[C@@H]4NC(=O)CO)no2)cc1C#N. The quantitative estimate of drug-likeness (QED) is 0.631. The Labute approximate surface area is 179 Å². The van der Waals surface area contributed by atoms with E-state index in [1.165, 1.54) is 0 Å². The zero-order valence-electron chi connectivity index (χ0n) is 17.3. The van der Waals surface area contributed by atoms with Crippen LogP contribution in [-0.4, -0.2) is 33.9 Å². The van der Waals surface area contributed by atoms with Crippen LogP contribution in [0.3, 0.4) is 0 Å². The van der Waals surface area contributed by atoms with Crippen LogP contribution in [-0.2, 0) is 11.2 Å². The van der Waals surface area contributed by atoms with Gasteiger partial charge in [-0.15, -0.1) is 0 Å². The first-order chi connectivity index (χ1) is 15.0. The predicted octanol–water partition coefficient (Wildman–Crippen LogP) is 3.16. The third kappa shape index (κ3) is 4.13. The van der Waals surface area contributed by atoms with Crippen LogP contribution in [0.2, 0.25) is 0 Å². The number of hydrogen-bond donors (Lipinski definition) is 2. The second-order valence-electron chi connectivity index (χ2n) is 7.60. The van der Waals surface area contributed by atoms with Gasteiger partial charge < -0.3 is 19.7 Å². The van der Waals surface area contributed by atoms with Crippen LogP contribution in [0.4, 0.5) is 0 Å². The molecule has 0 radical (unpaired) electrons. The number of nitriles is 1. The van der Waals surface area contributed by atoms with E-state index in [1.807, 2.05) is 32.0 Å². The highest BCUT2D eigenvalue weighted by molar-refractivity contribution is 5.78. The van der Waals surface area contributed by atoms with Gasteiger partial charge in [0.15, 0.2) is 0 Å². The van der Waals surface area contributed by atoms with Gasteiger partial charge in [0.25, 0.3) is 5.89 Å².